The molecule has 1 aliphatic heterocycles. The molecule has 0 atom stereocenters. The number of nitrogens with one attached hydrogen (secondary N) is 1. The lowest BCUT2D eigenvalue weighted by Gasteiger charge is -2.26. The standard InChI is InChI=1S/C41H52N6O7S/c1-8-9-10-37-43-38-39(47(37)22-29-13-11-28(12-14-29)21-42-32-25-55(48,49)26-32)41(54-27(2)3)45-44-40(38)46(23-30-15-17-33(50-4)19-35(30)52-6)24-31-16-18-34(51-5)20-36(31)53-7/h11-20,27,32,42H,8-10,21-26H2,1-7H3. The smallest absolute Gasteiger partial charge is 0.260 e. The van der Waals surface area contributed by atoms with Gasteiger partial charge in [-0.15, -0.1) is 10.2 Å². The number of benzene rings is 3. The second kappa shape index (κ2) is 17.6. The molecule has 3 heterocycles. The largest absolute Gasteiger partial charge is 0.497 e. The van der Waals surface area contributed by atoms with Crippen molar-refractivity contribution in [3.05, 3.63) is 88.7 Å². The number of methoxy groups -OCH3 is 4. The van der Waals surface area contributed by atoms with Crippen molar-refractivity contribution in [2.45, 2.75) is 78.4 Å². The highest BCUT2D eigenvalue weighted by Gasteiger charge is 2.32. The van der Waals surface area contributed by atoms with E-state index in [1.54, 1.807) is 28.4 Å². The number of nitrogens with zero attached hydrogens (tertiary/aromatic N) is 5. The third kappa shape index (κ3) is 9.42. The second-order valence-corrected chi connectivity index (χ2v) is 16.2. The van der Waals surface area contributed by atoms with E-state index in [9.17, 15) is 8.42 Å². The highest BCUT2D eigenvalue weighted by Crippen LogP contribution is 2.36. The van der Waals surface area contributed by atoms with Crippen molar-refractivity contribution in [2.75, 3.05) is 44.8 Å². The molecule has 294 valence electrons. The maximum absolute atomic E-state index is 11.6. The highest BCUT2D eigenvalue weighted by molar-refractivity contribution is 7.92. The summed E-state index contributed by atoms with van der Waals surface area (Å²) in [5.41, 5.74) is 5.48. The van der Waals surface area contributed by atoms with Gasteiger partial charge in [0.05, 0.1) is 46.0 Å². The topological polar surface area (TPSA) is 139 Å². The summed E-state index contributed by atoms with van der Waals surface area (Å²) in [6, 6.07) is 20.0. The van der Waals surface area contributed by atoms with Gasteiger partial charge < -0.3 is 38.5 Å². The van der Waals surface area contributed by atoms with Gasteiger partial charge in [0.25, 0.3) is 5.88 Å². The number of hydrogen-bond donors (Lipinski definition) is 1. The fourth-order valence-electron chi connectivity index (χ4n) is 6.74. The molecule has 55 heavy (non-hydrogen) atoms. The van der Waals surface area contributed by atoms with Crippen molar-refractivity contribution in [2.24, 2.45) is 0 Å². The maximum Gasteiger partial charge on any atom is 0.260 e. The molecular formula is C41H52N6O7S. The van der Waals surface area contributed by atoms with Gasteiger partial charge in [-0.3, -0.25) is 0 Å². The molecule has 5 aromatic rings. The number of aromatic nitrogens is 4. The van der Waals surface area contributed by atoms with E-state index in [1.165, 1.54) is 0 Å². The average molecular weight is 773 g/mol. The van der Waals surface area contributed by atoms with Gasteiger partial charge >= 0.3 is 0 Å². The SMILES string of the molecule is CCCCc1nc2c(N(Cc3ccc(OC)cc3OC)Cc3ccc(OC)cc3OC)nnc(OC(C)C)c2n1Cc1ccc(CNC2CS(=O)(=O)C2)cc1. The molecule has 0 spiro atoms. The minimum Gasteiger partial charge on any atom is -0.497 e. The van der Waals surface area contributed by atoms with E-state index in [0.717, 1.165) is 52.9 Å². The number of unbranched alkanes of at least 4 members (excludes halogenated alkanes) is 1. The molecular weight excluding hydrogens is 721 g/mol. The number of hydrogen-bond acceptors (Lipinski definition) is 12. The second-order valence-electron chi connectivity index (χ2n) is 14.1. The van der Waals surface area contributed by atoms with E-state index < -0.39 is 9.84 Å². The van der Waals surface area contributed by atoms with Gasteiger partial charge in [-0.1, -0.05) is 37.6 Å². The first-order valence-corrected chi connectivity index (χ1v) is 20.5. The minimum absolute atomic E-state index is 0.00831. The van der Waals surface area contributed by atoms with Crippen LogP contribution in [0.4, 0.5) is 5.82 Å². The van der Waals surface area contributed by atoms with Crippen LogP contribution in [0.1, 0.15) is 61.7 Å². The van der Waals surface area contributed by atoms with Crippen molar-refractivity contribution in [3.63, 3.8) is 0 Å². The molecule has 6 rings (SSSR count). The lowest BCUT2D eigenvalue weighted by molar-refractivity contribution is 0.232. The van der Waals surface area contributed by atoms with Crippen LogP contribution in [0.5, 0.6) is 28.9 Å². The number of rotatable bonds is 19. The Labute approximate surface area is 323 Å². The van der Waals surface area contributed by atoms with Crippen molar-refractivity contribution < 1.29 is 32.1 Å². The summed E-state index contributed by atoms with van der Waals surface area (Å²) in [5, 5.41) is 12.9. The van der Waals surface area contributed by atoms with Crippen LogP contribution in [-0.2, 0) is 42.4 Å². The Morgan fingerprint density at radius 2 is 1.44 bits per heavy atom. The van der Waals surface area contributed by atoms with Crippen LogP contribution in [0.2, 0.25) is 0 Å². The molecule has 0 unspecified atom stereocenters. The summed E-state index contributed by atoms with van der Waals surface area (Å²) < 4.78 is 54.4. The maximum atomic E-state index is 11.6. The summed E-state index contributed by atoms with van der Waals surface area (Å²) in [7, 11) is 3.69. The van der Waals surface area contributed by atoms with E-state index >= 15 is 0 Å². The molecule has 1 N–H and O–H groups in total. The van der Waals surface area contributed by atoms with Gasteiger partial charge in [0, 0.05) is 61.9 Å². The first kappa shape index (κ1) is 39.6. The quantitative estimate of drug-likeness (QED) is 0.103. The molecule has 2 aromatic heterocycles. The predicted molar refractivity (Wildman–Crippen MR) is 214 cm³/mol. The van der Waals surface area contributed by atoms with Gasteiger partial charge in [0.1, 0.15) is 39.9 Å². The molecule has 0 aliphatic carbocycles. The van der Waals surface area contributed by atoms with Crippen LogP contribution in [0.15, 0.2) is 60.7 Å². The summed E-state index contributed by atoms with van der Waals surface area (Å²) >= 11 is 0. The van der Waals surface area contributed by atoms with E-state index in [-0.39, 0.29) is 23.7 Å². The Hall–Kier alpha value is -5.08. The first-order valence-electron chi connectivity index (χ1n) is 18.6. The van der Waals surface area contributed by atoms with Crippen molar-refractivity contribution in [1.29, 1.82) is 0 Å². The number of ether oxygens (including phenoxy) is 5. The van der Waals surface area contributed by atoms with Crippen LogP contribution in [-0.4, -0.2) is 80.3 Å². The fourth-order valence-corrected chi connectivity index (χ4v) is 8.11. The first-order chi connectivity index (χ1) is 26.5. The number of imidazole rings is 1. The van der Waals surface area contributed by atoms with E-state index in [0.29, 0.717) is 66.4 Å². The van der Waals surface area contributed by atoms with Crippen molar-refractivity contribution in [1.82, 2.24) is 25.1 Å². The van der Waals surface area contributed by atoms with Gasteiger partial charge in [-0.05, 0) is 55.7 Å². The number of aryl methyl sites for hydroxylation is 1. The zero-order chi connectivity index (χ0) is 39.1. The van der Waals surface area contributed by atoms with E-state index in [1.807, 2.05) is 50.2 Å². The van der Waals surface area contributed by atoms with Crippen LogP contribution < -0.4 is 33.9 Å². The fraction of sp³-hybridized carbons (Fsp3) is 0.439. The van der Waals surface area contributed by atoms with Gasteiger partial charge in [0.15, 0.2) is 15.7 Å². The highest BCUT2D eigenvalue weighted by atomic mass is 32.2. The van der Waals surface area contributed by atoms with Crippen LogP contribution in [0, 0.1) is 0 Å². The zero-order valence-electron chi connectivity index (χ0n) is 32.8. The van der Waals surface area contributed by atoms with Gasteiger partial charge in [0.2, 0.25) is 0 Å². The molecule has 13 nitrogen and oxygen atoms in total. The Bertz CT molecular complexity index is 2120. The molecule has 14 heteroatoms. The van der Waals surface area contributed by atoms with Crippen LogP contribution in [0.25, 0.3) is 11.0 Å². The van der Waals surface area contributed by atoms with Gasteiger partial charge in [-0.25, -0.2) is 13.4 Å². The Morgan fingerprint density at radius 3 is 1.96 bits per heavy atom. The van der Waals surface area contributed by atoms with Crippen molar-refractivity contribution in [3.8, 4) is 28.9 Å². The Morgan fingerprint density at radius 1 is 0.836 bits per heavy atom. The molecule has 1 fully saturated rings. The molecule has 0 amide bonds. The number of sulfone groups is 1. The predicted octanol–water partition coefficient (Wildman–Crippen LogP) is 6.13. The lowest BCUT2D eigenvalue weighted by atomic mass is 10.1. The normalized spacial score (nSPS) is 13.8. The molecule has 0 saturated carbocycles. The Balaban J connectivity index is 1.44. The Kier molecular flexibility index (Phi) is 12.7. The third-order valence-electron chi connectivity index (χ3n) is 9.68. The molecule has 1 aliphatic rings. The lowest BCUT2D eigenvalue weighted by Crippen LogP contribution is -2.50. The van der Waals surface area contributed by atoms with Crippen LogP contribution >= 0.6 is 0 Å². The van der Waals surface area contributed by atoms with E-state index in [4.69, 9.17) is 38.9 Å². The van der Waals surface area contributed by atoms with Gasteiger partial charge in [-0.2, -0.15) is 0 Å². The minimum atomic E-state index is -2.88. The molecule has 1 saturated heterocycles. The summed E-state index contributed by atoms with van der Waals surface area (Å²) in [6.45, 7) is 8.10. The van der Waals surface area contributed by atoms with Crippen molar-refractivity contribution >= 4 is 26.7 Å². The third-order valence-corrected chi connectivity index (χ3v) is 11.5. The summed E-state index contributed by atoms with van der Waals surface area (Å²) in [5.74, 6) is 5.08. The van der Waals surface area contributed by atoms with E-state index in [2.05, 4.69) is 46.0 Å². The van der Waals surface area contributed by atoms with Crippen LogP contribution in [0.3, 0.4) is 0 Å². The molecule has 0 radical (unpaired) electrons. The average Bonchev–Trinajstić information content (AvgIpc) is 3.53. The monoisotopic (exact) mass is 772 g/mol. The summed E-state index contributed by atoms with van der Waals surface area (Å²) in [4.78, 5) is 7.47. The number of fused-ring (bicyclic) bond motifs is 1. The molecule has 3 aromatic carbocycles. The zero-order valence-corrected chi connectivity index (χ0v) is 33.6. The summed E-state index contributed by atoms with van der Waals surface area (Å²) in [6.07, 6.45) is 2.58. The number of anilines is 1. The molecule has 0 bridgehead atoms.